The standard InChI is InChI=1S/C26H27N3O/c1-16-10-12-19(13-11-16)29-25-22(17(2)28-29)23(18-8-6-5-7-9-18)24-20(27-25)14-26(3,4)15-21(24)30/h5-13,23,27H,14-15H2,1-4H3/t23-/m0/s1. The van der Waals surface area contributed by atoms with Gasteiger partial charge in [0.25, 0.3) is 0 Å². The fourth-order valence-corrected chi connectivity index (χ4v) is 4.93. The lowest BCUT2D eigenvalue weighted by molar-refractivity contribution is -0.118. The van der Waals surface area contributed by atoms with Gasteiger partial charge in [0.1, 0.15) is 5.82 Å². The molecule has 0 spiro atoms. The summed E-state index contributed by atoms with van der Waals surface area (Å²) in [5.41, 5.74) is 7.36. The molecule has 2 aliphatic rings. The average Bonchev–Trinajstić information content (AvgIpc) is 3.03. The molecule has 4 heteroatoms. The number of Topliss-reactive ketones (excluding diaryl/α,β-unsaturated/α-hetero) is 1. The summed E-state index contributed by atoms with van der Waals surface area (Å²) in [6.07, 6.45) is 1.44. The molecule has 2 heterocycles. The summed E-state index contributed by atoms with van der Waals surface area (Å²) in [5.74, 6) is 1.14. The maximum absolute atomic E-state index is 13.3. The van der Waals surface area contributed by atoms with Crippen LogP contribution in [0.2, 0.25) is 0 Å². The van der Waals surface area contributed by atoms with Crippen LogP contribution in [-0.4, -0.2) is 15.6 Å². The van der Waals surface area contributed by atoms with E-state index in [0.29, 0.717) is 6.42 Å². The van der Waals surface area contributed by atoms with Crippen molar-refractivity contribution in [2.75, 3.05) is 5.32 Å². The number of ketones is 1. The second-order valence-corrected chi connectivity index (χ2v) is 9.40. The highest BCUT2D eigenvalue weighted by atomic mass is 16.1. The quantitative estimate of drug-likeness (QED) is 0.604. The number of fused-ring (bicyclic) bond motifs is 1. The number of allylic oxidation sites excluding steroid dienone is 2. The Morgan fingerprint density at radius 1 is 1.00 bits per heavy atom. The molecular weight excluding hydrogens is 370 g/mol. The lowest BCUT2D eigenvalue weighted by Gasteiger charge is -2.38. The molecule has 0 saturated heterocycles. The highest BCUT2D eigenvalue weighted by Gasteiger charge is 2.42. The minimum absolute atomic E-state index is 0.0502. The molecule has 152 valence electrons. The third kappa shape index (κ3) is 2.98. The van der Waals surface area contributed by atoms with Gasteiger partial charge in [-0.15, -0.1) is 0 Å². The Labute approximate surface area is 177 Å². The van der Waals surface area contributed by atoms with Gasteiger partial charge in [0.05, 0.1) is 11.4 Å². The molecule has 0 saturated carbocycles. The maximum Gasteiger partial charge on any atom is 0.162 e. The highest BCUT2D eigenvalue weighted by Crippen LogP contribution is 2.50. The van der Waals surface area contributed by atoms with Crippen molar-refractivity contribution in [2.45, 2.75) is 46.5 Å². The zero-order chi connectivity index (χ0) is 21.0. The zero-order valence-corrected chi connectivity index (χ0v) is 18.0. The van der Waals surface area contributed by atoms with Crippen molar-refractivity contribution >= 4 is 11.6 Å². The molecule has 1 atom stereocenters. The largest absolute Gasteiger partial charge is 0.343 e. The molecule has 0 radical (unpaired) electrons. The van der Waals surface area contributed by atoms with Gasteiger partial charge in [-0.1, -0.05) is 61.9 Å². The normalized spacial score (nSPS) is 19.9. The highest BCUT2D eigenvalue weighted by molar-refractivity contribution is 6.01. The van der Waals surface area contributed by atoms with E-state index in [1.54, 1.807) is 0 Å². The van der Waals surface area contributed by atoms with Crippen LogP contribution in [0.25, 0.3) is 5.69 Å². The number of carbonyl (C=O) groups excluding carboxylic acids is 1. The van der Waals surface area contributed by atoms with E-state index in [9.17, 15) is 4.79 Å². The zero-order valence-electron chi connectivity index (χ0n) is 18.0. The Kier molecular flexibility index (Phi) is 4.21. The number of hydrogen-bond donors (Lipinski definition) is 1. The van der Waals surface area contributed by atoms with Gasteiger partial charge >= 0.3 is 0 Å². The van der Waals surface area contributed by atoms with E-state index in [4.69, 9.17) is 5.10 Å². The fourth-order valence-electron chi connectivity index (χ4n) is 4.93. The Morgan fingerprint density at radius 3 is 2.40 bits per heavy atom. The number of rotatable bonds is 2. The maximum atomic E-state index is 13.3. The summed E-state index contributed by atoms with van der Waals surface area (Å²) >= 11 is 0. The summed E-state index contributed by atoms with van der Waals surface area (Å²) in [6.45, 7) is 8.48. The van der Waals surface area contributed by atoms with Gasteiger partial charge in [-0.2, -0.15) is 5.10 Å². The molecule has 1 aliphatic carbocycles. The van der Waals surface area contributed by atoms with Gasteiger partial charge < -0.3 is 5.32 Å². The Morgan fingerprint density at radius 2 is 1.70 bits per heavy atom. The third-order valence-corrected chi connectivity index (χ3v) is 6.28. The molecule has 2 aromatic carbocycles. The number of hydrogen-bond acceptors (Lipinski definition) is 3. The number of nitrogens with zero attached hydrogens (tertiary/aromatic N) is 2. The van der Waals surface area contributed by atoms with E-state index in [1.807, 2.05) is 29.8 Å². The summed E-state index contributed by atoms with van der Waals surface area (Å²) in [6, 6.07) is 18.8. The summed E-state index contributed by atoms with van der Waals surface area (Å²) in [7, 11) is 0. The number of aromatic nitrogens is 2. The summed E-state index contributed by atoms with van der Waals surface area (Å²) < 4.78 is 2.00. The van der Waals surface area contributed by atoms with Crippen molar-refractivity contribution in [3.8, 4) is 5.69 Å². The first-order valence-corrected chi connectivity index (χ1v) is 10.6. The first-order chi connectivity index (χ1) is 14.3. The van der Waals surface area contributed by atoms with Crippen LogP contribution in [0.3, 0.4) is 0 Å². The molecule has 4 nitrogen and oxygen atoms in total. The smallest absolute Gasteiger partial charge is 0.162 e. The van der Waals surface area contributed by atoms with E-state index in [0.717, 1.165) is 46.0 Å². The van der Waals surface area contributed by atoms with Crippen molar-refractivity contribution in [1.82, 2.24) is 9.78 Å². The first-order valence-electron chi connectivity index (χ1n) is 10.6. The molecule has 1 N–H and O–H groups in total. The Balaban J connectivity index is 1.75. The second-order valence-electron chi connectivity index (χ2n) is 9.40. The van der Waals surface area contributed by atoms with Crippen molar-refractivity contribution in [3.63, 3.8) is 0 Å². The topological polar surface area (TPSA) is 46.9 Å². The number of benzene rings is 2. The van der Waals surface area contributed by atoms with Crippen molar-refractivity contribution in [1.29, 1.82) is 0 Å². The minimum Gasteiger partial charge on any atom is -0.343 e. The molecule has 1 aliphatic heterocycles. The van der Waals surface area contributed by atoms with Gasteiger partial charge in [-0.05, 0) is 43.4 Å². The van der Waals surface area contributed by atoms with E-state index in [2.05, 4.69) is 62.5 Å². The molecule has 0 bridgehead atoms. The van der Waals surface area contributed by atoms with E-state index < -0.39 is 0 Å². The van der Waals surface area contributed by atoms with Gasteiger partial charge in [-0.3, -0.25) is 4.79 Å². The molecule has 30 heavy (non-hydrogen) atoms. The van der Waals surface area contributed by atoms with Crippen LogP contribution in [0.15, 0.2) is 65.9 Å². The lowest BCUT2D eigenvalue weighted by Crippen LogP contribution is -2.34. The van der Waals surface area contributed by atoms with Crippen LogP contribution in [0.1, 0.15) is 55.0 Å². The van der Waals surface area contributed by atoms with Crippen LogP contribution >= 0.6 is 0 Å². The van der Waals surface area contributed by atoms with Crippen LogP contribution in [-0.2, 0) is 4.79 Å². The Hall–Kier alpha value is -3.14. The minimum atomic E-state index is -0.0831. The molecular formula is C26H27N3O. The SMILES string of the molecule is Cc1ccc(-n2nc(C)c3c2NC2=C(C(=O)CC(C)(C)C2)[C@H]3c2ccccc2)cc1. The number of carbonyl (C=O) groups is 1. The first kappa shape index (κ1) is 18.9. The van der Waals surface area contributed by atoms with Gasteiger partial charge in [-0.25, -0.2) is 4.68 Å². The van der Waals surface area contributed by atoms with Gasteiger partial charge in [0, 0.05) is 29.2 Å². The Bertz CT molecular complexity index is 1170. The summed E-state index contributed by atoms with van der Waals surface area (Å²) in [4.78, 5) is 13.3. The van der Waals surface area contributed by atoms with Crippen LogP contribution in [0, 0.1) is 19.3 Å². The molecule has 0 amide bonds. The number of aryl methyl sites for hydroxylation is 2. The number of anilines is 1. The monoisotopic (exact) mass is 397 g/mol. The molecule has 5 rings (SSSR count). The molecule has 0 unspecified atom stereocenters. The van der Waals surface area contributed by atoms with Gasteiger partial charge in [0.15, 0.2) is 5.78 Å². The average molecular weight is 398 g/mol. The summed E-state index contributed by atoms with van der Waals surface area (Å²) in [5, 5.41) is 8.55. The van der Waals surface area contributed by atoms with Crippen LogP contribution in [0.5, 0.6) is 0 Å². The van der Waals surface area contributed by atoms with Crippen molar-refractivity contribution in [2.24, 2.45) is 5.41 Å². The second kappa shape index (κ2) is 6.69. The lowest BCUT2D eigenvalue weighted by atomic mass is 9.69. The predicted molar refractivity (Wildman–Crippen MR) is 120 cm³/mol. The van der Waals surface area contributed by atoms with E-state index >= 15 is 0 Å². The van der Waals surface area contributed by atoms with Crippen LogP contribution < -0.4 is 5.32 Å². The molecule has 0 fully saturated rings. The van der Waals surface area contributed by atoms with E-state index in [1.165, 1.54) is 5.56 Å². The van der Waals surface area contributed by atoms with Crippen molar-refractivity contribution in [3.05, 3.63) is 88.3 Å². The van der Waals surface area contributed by atoms with Crippen molar-refractivity contribution < 1.29 is 4.79 Å². The van der Waals surface area contributed by atoms with Crippen LogP contribution in [0.4, 0.5) is 5.82 Å². The number of nitrogens with one attached hydrogen (secondary N) is 1. The molecule has 3 aromatic rings. The molecule has 1 aromatic heterocycles. The third-order valence-electron chi connectivity index (χ3n) is 6.28. The predicted octanol–water partition coefficient (Wildman–Crippen LogP) is 5.69. The van der Waals surface area contributed by atoms with Gasteiger partial charge in [0.2, 0.25) is 0 Å². The van der Waals surface area contributed by atoms with E-state index in [-0.39, 0.29) is 17.1 Å². The fraction of sp³-hybridized carbons (Fsp3) is 0.308.